The van der Waals surface area contributed by atoms with E-state index < -0.39 is 5.60 Å². The maximum absolute atomic E-state index is 11.0. The highest BCUT2D eigenvalue weighted by atomic mass is 16.5. The highest BCUT2D eigenvalue weighted by molar-refractivity contribution is 5.33. The molecule has 1 aromatic carbocycles. The Bertz CT molecular complexity index is 642. The first-order valence-corrected chi connectivity index (χ1v) is 11.1. The fourth-order valence-corrected chi connectivity index (χ4v) is 4.93. The van der Waals surface area contributed by atoms with E-state index in [9.17, 15) is 5.11 Å². The molecule has 4 rings (SSSR count). The average molecular weight is 388 g/mol. The van der Waals surface area contributed by atoms with Gasteiger partial charge in [-0.15, -0.1) is 0 Å². The van der Waals surface area contributed by atoms with Crippen molar-refractivity contribution >= 4 is 0 Å². The Balaban J connectivity index is 1.28. The van der Waals surface area contributed by atoms with Gasteiger partial charge in [0, 0.05) is 57.9 Å². The van der Waals surface area contributed by atoms with Gasteiger partial charge in [-0.3, -0.25) is 9.80 Å². The van der Waals surface area contributed by atoms with E-state index in [0.29, 0.717) is 11.8 Å². The van der Waals surface area contributed by atoms with Crippen LogP contribution in [0.5, 0.6) is 5.75 Å². The van der Waals surface area contributed by atoms with Crippen LogP contribution in [0.4, 0.5) is 0 Å². The van der Waals surface area contributed by atoms with Crippen molar-refractivity contribution in [2.45, 2.75) is 38.3 Å². The molecule has 2 heterocycles. The number of likely N-dealkylation sites (tertiary alicyclic amines) is 1. The summed E-state index contributed by atoms with van der Waals surface area (Å²) in [6.45, 7) is 11.4. The molecule has 1 saturated carbocycles. The Kier molecular flexibility index (Phi) is 6.26. The molecule has 0 bridgehead atoms. The van der Waals surface area contributed by atoms with Gasteiger partial charge in [0.25, 0.3) is 0 Å². The minimum Gasteiger partial charge on any atom is -0.492 e. The van der Waals surface area contributed by atoms with Crippen molar-refractivity contribution in [3.8, 4) is 5.75 Å². The number of piperazine rings is 1. The normalized spacial score (nSPS) is 30.5. The standard InChI is InChI=1S/C23H37N3O2/c1-19-17-26(10-9-23(19,27)21-7-8-21)18-20-5-3-4-6-22(20)28-16-15-25-13-11-24(2)12-14-25/h3-6,19,21,27H,7-18H2,1-2H3/t19-,23+/m1/s1. The van der Waals surface area contributed by atoms with Crippen LogP contribution >= 0.6 is 0 Å². The van der Waals surface area contributed by atoms with Gasteiger partial charge >= 0.3 is 0 Å². The zero-order valence-electron chi connectivity index (χ0n) is 17.6. The van der Waals surface area contributed by atoms with E-state index in [0.717, 1.165) is 71.1 Å². The highest BCUT2D eigenvalue weighted by Gasteiger charge is 2.49. The van der Waals surface area contributed by atoms with Gasteiger partial charge in [-0.25, -0.2) is 0 Å². The molecule has 1 aliphatic carbocycles. The smallest absolute Gasteiger partial charge is 0.123 e. The van der Waals surface area contributed by atoms with E-state index in [4.69, 9.17) is 4.74 Å². The molecule has 0 radical (unpaired) electrons. The van der Waals surface area contributed by atoms with Gasteiger partial charge in [0.2, 0.25) is 0 Å². The van der Waals surface area contributed by atoms with Crippen molar-refractivity contribution in [1.82, 2.24) is 14.7 Å². The quantitative estimate of drug-likeness (QED) is 0.777. The molecule has 2 aliphatic heterocycles. The Morgan fingerprint density at radius 1 is 1.07 bits per heavy atom. The number of rotatable bonds is 7. The van der Waals surface area contributed by atoms with Crippen LogP contribution in [0.1, 0.15) is 31.7 Å². The van der Waals surface area contributed by atoms with Crippen LogP contribution in [-0.2, 0) is 6.54 Å². The number of piperidine rings is 1. The van der Waals surface area contributed by atoms with E-state index in [1.807, 2.05) is 0 Å². The number of aliphatic hydroxyl groups is 1. The molecule has 2 saturated heterocycles. The highest BCUT2D eigenvalue weighted by Crippen LogP contribution is 2.47. The van der Waals surface area contributed by atoms with Crippen molar-refractivity contribution in [2.24, 2.45) is 11.8 Å². The molecule has 0 spiro atoms. The number of likely N-dealkylation sites (N-methyl/N-ethyl adjacent to an activating group) is 1. The molecular weight excluding hydrogens is 350 g/mol. The number of hydrogen-bond donors (Lipinski definition) is 1. The van der Waals surface area contributed by atoms with Crippen molar-refractivity contribution < 1.29 is 9.84 Å². The van der Waals surface area contributed by atoms with E-state index in [-0.39, 0.29) is 0 Å². The average Bonchev–Trinajstić information content (AvgIpc) is 3.54. The Morgan fingerprint density at radius 2 is 1.82 bits per heavy atom. The van der Waals surface area contributed by atoms with E-state index in [2.05, 4.69) is 52.9 Å². The van der Waals surface area contributed by atoms with Crippen LogP contribution in [0.25, 0.3) is 0 Å². The zero-order valence-corrected chi connectivity index (χ0v) is 17.6. The number of para-hydroxylation sites is 1. The molecule has 2 atom stereocenters. The summed E-state index contributed by atoms with van der Waals surface area (Å²) in [7, 11) is 2.19. The number of benzene rings is 1. The monoisotopic (exact) mass is 387 g/mol. The lowest BCUT2D eigenvalue weighted by Gasteiger charge is -2.43. The third-order valence-corrected chi connectivity index (χ3v) is 7.13. The van der Waals surface area contributed by atoms with E-state index >= 15 is 0 Å². The third kappa shape index (κ3) is 4.70. The molecule has 5 heteroatoms. The predicted molar refractivity (Wildman–Crippen MR) is 113 cm³/mol. The summed E-state index contributed by atoms with van der Waals surface area (Å²) < 4.78 is 6.19. The summed E-state index contributed by atoms with van der Waals surface area (Å²) in [6.07, 6.45) is 3.33. The molecule has 0 aromatic heterocycles. The summed E-state index contributed by atoms with van der Waals surface area (Å²) in [4.78, 5) is 7.37. The van der Waals surface area contributed by atoms with Crippen LogP contribution in [-0.4, -0.2) is 84.9 Å². The van der Waals surface area contributed by atoms with Crippen molar-refractivity contribution in [3.63, 3.8) is 0 Å². The van der Waals surface area contributed by atoms with Crippen LogP contribution in [0, 0.1) is 11.8 Å². The fourth-order valence-electron chi connectivity index (χ4n) is 4.93. The van der Waals surface area contributed by atoms with Crippen LogP contribution in [0.2, 0.25) is 0 Å². The molecule has 3 aliphatic rings. The number of nitrogens with zero attached hydrogens (tertiary/aromatic N) is 3. The molecule has 0 unspecified atom stereocenters. The first-order valence-electron chi connectivity index (χ1n) is 11.1. The van der Waals surface area contributed by atoms with Crippen LogP contribution in [0.15, 0.2) is 24.3 Å². The summed E-state index contributed by atoms with van der Waals surface area (Å²) >= 11 is 0. The molecular formula is C23H37N3O2. The number of hydrogen-bond acceptors (Lipinski definition) is 5. The first kappa shape index (κ1) is 20.1. The van der Waals surface area contributed by atoms with Gasteiger partial charge < -0.3 is 14.7 Å². The molecule has 1 N–H and O–H groups in total. The molecule has 28 heavy (non-hydrogen) atoms. The lowest BCUT2D eigenvalue weighted by molar-refractivity contribution is -0.0833. The second-order valence-electron chi connectivity index (χ2n) is 9.25. The summed E-state index contributed by atoms with van der Waals surface area (Å²) in [5.41, 5.74) is 0.847. The molecule has 0 amide bonds. The van der Waals surface area contributed by atoms with Crippen molar-refractivity contribution in [2.75, 3.05) is 59.5 Å². The van der Waals surface area contributed by atoms with Crippen molar-refractivity contribution in [1.29, 1.82) is 0 Å². The predicted octanol–water partition coefficient (Wildman–Crippen LogP) is 2.30. The maximum Gasteiger partial charge on any atom is 0.123 e. The topological polar surface area (TPSA) is 39.2 Å². The molecule has 3 fully saturated rings. The lowest BCUT2D eigenvalue weighted by atomic mass is 9.78. The SMILES string of the molecule is C[C@@H]1CN(Cc2ccccc2OCCN2CCN(C)CC2)CC[C@@]1(O)C1CC1. The van der Waals surface area contributed by atoms with Crippen LogP contribution in [0.3, 0.4) is 0 Å². The maximum atomic E-state index is 11.0. The summed E-state index contributed by atoms with van der Waals surface area (Å²) in [5.74, 6) is 1.92. The Morgan fingerprint density at radius 3 is 2.54 bits per heavy atom. The minimum atomic E-state index is -0.422. The summed E-state index contributed by atoms with van der Waals surface area (Å²) in [5, 5.41) is 11.0. The lowest BCUT2D eigenvalue weighted by Crippen LogP contribution is -2.51. The van der Waals surface area contributed by atoms with Gasteiger partial charge in [0.1, 0.15) is 12.4 Å². The Labute approximate surface area is 170 Å². The first-order chi connectivity index (χ1) is 13.5. The minimum absolute atomic E-state index is 0.346. The number of ether oxygens (including phenoxy) is 1. The van der Waals surface area contributed by atoms with Gasteiger partial charge in [-0.2, -0.15) is 0 Å². The summed E-state index contributed by atoms with van der Waals surface area (Å²) in [6, 6.07) is 8.47. The third-order valence-electron chi connectivity index (χ3n) is 7.13. The second kappa shape index (κ2) is 8.70. The van der Waals surface area contributed by atoms with Gasteiger partial charge in [-0.1, -0.05) is 25.1 Å². The second-order valence-corrected chi connectivity index (χ2v) is 9.25. The van der Waals surface area contributed by atoms with Gasteiger partial charge in [0.15, 0.2) is 0 Å². The van der Waals surface area contributed by atoms with Crippen LogP contribution < -0.4 is 4.74 Å². The Hall–Kier alpha value is -1.14. The van der Waals surface area contributed by atoms with Crippen molar-refractivity contribution in [3.05, 3.63) is 29.8 Å². The van der Waals surface area contributed by atoms with E-state index in [1.54, 1.807) is 0 Å². The zero-order chi connectivity index (χ0) is 19.6. The van der Waals surface area contributed by atoms with E-state index in [1.165, 1.54) is 18.4 Å². The largest absolute Gasteiger partial charge is 0.492 e. The van der Waals surface area contributed by atoms with Gasteiger partial charge in [0.05, 0.1) is 5.60 Å². The molecule has 1 aromatic rings. The molecule has 5 nitrogen and oxygen atoms in total. The fraction of sp³-hybridized carbons (Fsp3) is 0.739. The van der Waals surface area contributed by atoms with Gasteiger partial charge in [-0.05, 0) is 44.2 Å². The molecule has 156 valence electrons.